The maximum atomic E-state index is 11.1. The predicted molar refractivity (Wildman–Crippen MR) is 78.6 cm³/mol. The van der Waals surface area contributed by atoms with Gasteiger partial charge in [0.25, 0.3) is 0 Å². The lowest BCUT2D eigenvalue weighted by molar-refractivity contribution is 0.307. The number of methoxy groups -OCH3 is 1. The molecule has 3 aromatic rings. The SMILES string of the molecule is COc1cccc(COc2cc3[nH]c(=O)oc3cc2N)c1. The molecule has 2 aromatic carbocycles. The van der Waals surface area contributed by atoms with E-state index in [0.717, 1.165) is 11.3 Å². The molecule has 1 heterocycles. The third-order valence-electron chi connectivity index (χ3n) is 3.08. The van der Waals surface area contributed by atoms with Crippen LogP contribution in [-0.4, -0.2) is 12.1 Å². The number of aromatic nitrogens is 1. The number of H-pyrrole nitrogens is 1. The van der Waals surface area contributed by atoms with Crippen LogP contribution in [0.4, 0.5) is 5.69 Å². The number of nitrogens with two attached hydrogens (primary N) is 1. The van der Waals surface area contributed by atoms with Crippen molar-refractivity contribution in [3.8, 4) is 11.5 Å². The number of aromatic amines is 1. The molecule has 0 spiro atoms. The Bertz CT molecular complexity index is 835. The summed E-state index contributed by atoms with van der Waals surface area (Å²) in [5, 5.41) is 0. The van der Waals surface area contributed by atoms with Crippen molar-refractivity contribution in [1.29, 1.82) is 0 Å². The van der Waals surface area contributed by atoms with Crippen molar-refractivity contribution >= 4 is 16.8 Å². The van der Waals surface area contributed by atoms with E-state index < -0.39 is 5.76 Å². The Hall–Kier alpha value is -2.89. The number of anilines is 1. The lowest BCUT2D eigenvalue weighted by Crippen LogP contribution is -1.99. The quantitative estimate of drug-likeness (QED) is 0.718. The molecule has 108 valence electrons. The summed E-state index contributed by atoms with van der Waals surface area (Å²) in [7, 11) is 1.61. The second kappa shape index (κ2) is 5.24. The maximum absolute atomic E-state index is 11.1. The summed E-state index contributed by atoms with van der Waals surface area (Å²) in [6.07, 6.45) is 0. The molecule has 0 saturated carbocycles. The minimum atomic E-state index is -0.519. The van der Waals surface area contributed by atoms with Gasteiger partial charge in [0.15, 0.2) is 5.58 Å². The number of benzene rings is 2. The Kier molecular flexibility index (Phi) is 3.27. The molecule has 0 saturated heterocycles. The van der Waals surface area contributed by atoms with E-state index in [2.05, 4.69) is 4.98 Å². The van der Waals surface area contributed by atoms with Gasteiger partial charge in [-0.25, -0.2) is 4.79 Å². The smallest absolute Gasteiger partial charge is 0.417 e. The average molecular weight is 286 g/mol. The highest BCUT2D eigenvalue weighted by Gasteiger charge is 2.08. The Morgan fingerprint density at radius 1 is 1.29 bits per heavy atom. The fourth-order valence-corrected chi connectivity index (χ4v) is 2.04. The number of nitrogens with one attached hydrogen (secondary N) is 1. The molecule has 0 aliphatic rings. The molecule has 6 nitrogen and oxygen atoms in total. The van der Waals surface area contributed by atoms with Gasteiger partial charge in [-0.15, -0.1) is 0 Å². The summed E-state index contributed by atoms with van der Waals surface area (Å²) in [5.74, 6) is 0.732. The maximum Gasteiger partial charge on any atom is 0.417 e. The van der Waals surface area contributed by atoms with Crippen LogP contribution >= 0.6 is 0 Å². The zero-order valence-corrected chi connectivity index (χ0v) is 11.4. The predicted octanol–water partition coefficient (Wildman–Crippen LogP) is 2.29. The summed E-state index contributed by atoms with van der Waals surface area (Å²) in [6.45, 7) is 0.342. The van der Waals surface area contributed by atoms with Crippen molar-refractivity contribution < 1.29 is 13.9 Å². The van der Waals surface area contributed by atoms with E-state index in [1.807, 2.05) is 24.3 Å². The topological polar surface area (TPSA) is 90.5 Å². The highest BCUT2D eigenvalue weighted by atomic mass is 16.5. The molecule has 0 aliphatic carbocycles. The molecule has 0 atom stereocenters. The van der Waals surface area contributed by atoms with Crippen LogP contribution in [0.15, 0.2) is 45.6 Å². The van der Waals surface area contributed by atoms with Gasteiger partial charge in [0.1, 0.15) is 18.1 Å². The van der Waals surface area contributed by atoms with Crippen LogP contribution in [0.5, 0.6) is 11.5 Å². The normalized spacial score (nSPS) is 10.7. The van der Waals surface area contributed by atoms with Crippen molar-refractivity contribution in [2.45, 2.75) is 6.61 Å². The van der Waals surface area contributed by atoms with Gasteiger partial charge in [-0.1, -0.05) is 12.1 Å². The Morgan fingerprint density at radius 3 is 2.95 bits per heavy atom. The highest BCUT2D eigenvalue weighted by molar-refractivity contribution is 5.80. The van der Waals surface area contributed by atoms with Gasteiger partial charge < -0.3 is 19.6 Å². The van der Waals surface area contributed by atoms with Crippen molar-refractivity contribution in [1.82, 2.24) is 4.98 Å². The van der Waals surface area contributed by atoms with E-state index in [0.29, 0.717) is 29.1 Å². The molecule has 0 bridgehead atoms. The lowest BCUT2D eigenvalue weighted by Gasteiger charge is -2.09. The van der Waals surface area contributed by atoms with Crippen LogP contribution in [0.25, 0.3) is 11.1 Å². The minimum Gasteiger partial charge on any atom is -0.497 e. The van der Waals surface area contributed by atoms with Crippen LogP contribution in [0.2, 0.25) is 0 Å². The molecule has 21 heavy (non-hydrogen) atoms. The molecule has 3 rings (SSSR count). The van der Waals surface area contributed by atoms with E-state index in [-0.39, 0.29) is 0 Å². The van der Waals surface area contributed by atoms with Crippen LogP contribution in [-0.2, 0) is 6.61 Å². The van der Waals surface area contributed by atoms with Crippen molar-refractivity contribution in [3.05, 3.63) is 52.5 Å². The van der Waals surface area contributed by atoms with E-state index in [1.54, 1.807) is 19.2 Å². The summed E-state index contributed by atoms with van der Waals surface area (Å²) in [5.41, 5.74) is 8.21. The third kappa shape index (κ3) is 2.69. The number of hydrogen-bond donors (Lipinski definition) is 2. The molecule has 0 aliphatic heterocycles. The van der Waals surface area contributed by atoms with Crippen LogP contribution < -0.4 is 21.0 Å². The van der Waals surface area contributed by atoms with E-state index in [4.69, 9.17) is 19.6 Å². The van der Waals surface area contributed by atoms with E-state index in [1.165, 1.54) is 0 Å². The molecule has 0 fully saturated rings. The van der Waals surface area contributed by atoms with E-state index in [9.17, 15) is 4.79 Å². The fourth-order valence-electron chi connectivity index (χ4n) is 2.04. The summed E-state index contributed by atoms with van der Waals surface area (Å²) in [4.78, 5) is 13.7. The first kappa shape index (κ1) is 13.1. The first-order valence-corrected chi connectivity index (χ1v) is 6.34. The first-order valence-electron chi connectivity index (χ1n) is 6.34. The largest absolute Gasteiger partial charge is 0.497 e. The molecular weight excluding hydrogens is 272 g/mol. The average Bonchev–Trinajstić information content (AvgIpc) is 2.84. The summed E-state index contributed by atoms with van der Waals surface area (Å²) < 4.78 is 15.8. The van der Waals surface area contributed by atoms with Crippen molar-refractivity contribution in [2.24, 2.45) is 0 Å². The summed E-state index contributed by atoms with van der Waals surface area (Å²) in [6, 6.07) is 10.8. The number of fused-ring (bicyclic) bond motifs is 1. The fraction of sp³-hybridized carbons (Fsp3) is 0.133. The second-order valence-corrected chi connectivity index (χ2v) is 4.54. The Morgan fingerprint density at radius 2 is 2.14 bits per heavy atom. The lowest BCUT2D eigenvalue weighted by atomic mass is 10.2. The van der Waals surface area contributed by atoms with Gasteiger partial charge in [0.05, 0.1) is 18.3 Å². The van der Waals surface area contributed by atoms with Crippen LogP contribution in [0.1, 0.15) is 5.56 Å². The minimum absolute atomic E-state index is 0.342. The molecule has 3 N–H and O–H groups in total. The van der Waals surface area contributed by atoms with Gasteiger partial charge >= 0.3 is 5.76 Å². The Balaban J connectivity index is 1.83. The standard InChI is InChI=1S/C15H14N2O4/c1-19-10-4-2-3-9(5-10)8-20-13-7-12-14(6-11(13)16)21-15(18)17-12/h2-7H,8,16H2,1H3,(H,17,18). The molecule has 0 radical (unpaired) electrons. The second-order valence-electron chi connectivity index (χ2n) is 4.54. The van der Waals surface area contributed by atoms with Gasteiger partial charge in [-0.05, 0) is 17.7 Å². The first-order chi connectivity index (χ1) is 10.2. The number of ether oxygens (including phenoxy) is 2. The summed E-state index contributed by atoms with van der Waals surface area (Å²) >= 11 is 0. The monoisotopic (exact) mass is 286 g/mol. The number of oxazole rings is 1. The van der Waals surface area contributed by atoms with Gasteiger partial charge in [0, 0.05) is 12.1 Å². The van der Waals surface area contributed by atoms with Crippen LogP contribution in [0, 0.1) is 0 Å². The number of nitrogen functional groups attached to an aromatic ring is 1. The number of rotatable bonds is 4. The van der Waals surface area contributed by atoms with Crippen LogP contribution in [0.3, 0.4) is 0 Å². The number of hydrogen-bond acceptors (Lipinski definition) is 5. The van der Waals surface area contributed by atoms with Gasteiger partial charge in [-0.3, -0.25) is 4.98 Å². The zero-order valence-electron chi connectivity index (χ0n) is 11.4. The van der Waals surface area contributed by atoms with Crippen molar-refractivity contribution in [3.63, 3.8) is 0 Å². The third-order valence-corrected chi connectivity index (χ3v) is 3.08. The van der Waals surface area contributed by atoms with E-state index >= 15 is 0 Å². The zero-order chi connectivity index (χ0) is 14.8. The highest BCUT2D eigenvalue weighted by Crippen LogP contribution is 2.27. The van der Waals surface area contributed by atoms with Crippen molar-refractivity contribution in [2.75, 3.05) is 12.8 Å². The molecule has 0 unspecified atom stereocenters. The Labute approximate surface area is 120 Å². The molecule has 6 heteroatoms. The molecular formula is C15H14N2O4. The molecule has 0 amide bonds. The molecule has 1 aromatic heterocycles. The van der Waals surface area contributed by atoms with Gasteiger partial charge in [0.2, 0.25) is 0 Å². The van der Waals surface area contributed by atoms with Gasteiger partial charge in [-0.2, -0.15) is 0 Å².